The van der Waals surface area contributed by atoms with Crippen molar-refractivity contribution in [2.45, 2.75) is 37.6 Å². The normalized spacial score (nSPS) is 16.2. The van der Waals surface area contributed by atoms with Gasteiger partial charge < -0.3 is 10.2 Å². The summed E-state index contributed by atoms with van der Waals surface area (Å²) in [5, 5.41) is 2.93. The van der Waals surface area contributed by atoms with Crippen LogP contribution in [0.3, 0.4) is 0 Å². The number of benzene rings is 1. The minimum Gasteiger partial charge on any atom is -0.349 e. The molecule has 0 aliphatic carbocycles. The van der Waals surface area contributed by atoms with Crippen molar-refractivity contribution < 1.29 is 18.0 Å². The zero-order chi connectivity index (χ0) is 17.9. The van der Waals surface area contributed by atoms with Gasteiger partial charge in [-0.2, -0.15) is 0 Å². The number of amides is 2. The number of carbonyl (C=O) groups is 2. The second kappa shape index (κ2) is 7.34. The molecule has 0 saturated carbocycles. The number of likely N-dealkylation sites (tertiary alicyclic amines) is 1. The number of piperidine rings is 1. The van der Waals surface area contributed by atoms with Crippen LogP contribution in [-0.4, -0.2) is 50.5 Å². The van der Waals surface area contributed by atoms with Gasteiger partial charge in [0.15, 0.2) is 9.84 Å². The number of nitrogens with one attached hydrogen (secondary N) is 1. The van der Waals surface area contributed by atoms with E-state index in [2.05, 4.69) is 5.32 Å². The van der Waals surface area contributed by atoms with Crippen LogP contribution in [0.15, 0.2) is 29.2 Å². The van der Waals surface area contributed by atoms with Gasteiger partial charge in [-0.05, 0) is 31.0 Å². The number of hydrogen-bond acceptors (Lipinski definition) is 4. The Hall–Kier alpha value is -1.89. The molecule has 1 aliphatic rings. The molecule has 1 aromatic carbocycles. The van der Waals surface area contributed by atoms with Gasteiger partial charge in [0, 0.05) is 36.9 Å². The van der Waals surface area contributed by atoms with Gasteiger partial charge in [-0.3, -0.25) is 9.59 Å². The van der Waals surface area contributed by atoms with E-state index in [9.17, 15) is 18.0 Å². The molecule has 1 aromatic rings. The minimum absolute atomic E-state index is 0.00407. The van der Waals surface area contributed by atoms with Gasteiger partial charge in [-0.25, -0.2) is 8.42 Å². The second-order valence-electron chi connectivity index (χ2n) is 6.53. The third-order valence-corrected chi connectivity index (χ3v) is 5.27. The summed E-state index contributed by atoms with van der Waals surface area (Å²) in [7, 11) is -3.34. The largest absolute Gasteiger partial charge is 0.349 e. The van der Waals surface area contributed by atoms with Crippen LogP contribution in [0.2, 0.25) is 0 Å². The van der Waals surface area contributed by atoms with Crippen molar-refractivity contribution in [2.24, 2.45) is 5.92 Å². The van der Waals surface area contributed by atoms with E-state index in [1.165, 1.54) is 12.1 Å². The molecule has 1 N–H and O–H groups in total. The highest BCUT2D eigenvalue weighted by Crippen LogP contribution is 2.15. The third-order valence-electron chi connectivity index (χ3n) is 4.16. The molecule has 0 spiro atoms. The molecule has 24 heavy (non-hydrogen) atoms. The molecule has 0 aromatic heterocycles. The monoisotopic (exact) mass is 352 g/mol. The van der Waals surface area contributed by atoms with Crippen LogP contribution in [-0.2, 0) is 14.6 Å². The summed E-state index contributed by atoms with van der Waals surface area (Å²) >= 11 is 0. The maximum Gasteiger partial charge on any atom is 0.251 e. The molecule has 1 saturated heterocycles. The lowest BCUT2D eigenvalue weighted by atomic mass is 10.0. The molecule has 1 fully saturated rings. The number of rotatable bonds is 4. The van der Waals surface area contributed by atoms with Crippen LogP contribution in [0.4, 0.5) is 0 Å². The van der Waals surface area contributed by atoms with Gasteiger partial charge in [-0.15, -0.1) is 0 Å². The Kier molecular flexibility index (Phi) is 5.64. The fourth-order valence-electron chi connectivity index (χ4n) is 2.75. The Balaban J connectivity index is 1.96. The van der Waals surface area contributed by atoms with Gasteiger partial charge in [0.05, 0.1) is 4.90 Å². The van der Waals surface area contributed by atoms with Crippen molar-refractivity contribution in [1.29, 1.82) is 0 Å². The van der Waals surface area contributed by atoms with Crippen LogP contribution in [0, 0.1) is 5.92 Å². The Bertz CT molecular complexity index is 720. The van der Waals surface area contributed by atoms with Gasteiger partial charge in [-0.1, -0.05) is 19.9 Å². The number of carbonyl (C=O) groups excluding carboxylic acids is 2. The molecule has 0 unspecified atom stereocenters. The standard InChI is InChI=1S/C17H24N2O4S/c1-12(2)17(21)19-9-7-14(8-10-19)18-16(20)13-5-4-6-15(11-13)24(3,22)23/h4-6,11-12,14H,7-10H2,1-3H3,(H,18,20). The molecule has 7 heteroatoms. The highest BCUT2D eigenvalue weighted by atomic mass is 32.2. The summed E-state index contributed by atoms with van der Waals surface area (Å²) in [4.78, 5) is 26.3. The van der Waals surface area contributed by atoms with E-state index >= 15 is 0 Å². The molecule has 2 rings (SSSR count). The van der Waals surface area contributed by atoms with Crippen molar-refractivity contribution in [3.63, 3.8) is 0 Å². The highest BCUT2D eigenvalue weighted by Gasteiger charge is 2.25. The van der Waals surface area contributed by atoms with E-state index in [1.54, 1.807) is 12.1 Å². The first kappa shape index (κ1) is 18.4. The molecule has 2 amide bonds. The van der Waals surface area contributed by atoms with Crippen LogP contribution < -0.4 is 5.32 Å². The SMILES string of the molecule is CC(C)C(=O)N1CCC(NC(=O)c2cccc(S(C)(=O)=O)c2)CC1. The average Bonchev–Trinajstić information content (AvgIpc) is 2.54. The summed E-state index contributed by atoms with van der Waals surface area (Å²) in [6.07, 6.45) is 2.53. The van der Waals surface area contributed by atoms with E-state index in [1.807, 2.05) is 18.7 Å². The number of sulfone groups is 1. The maximum absolute atomic E-state index is 12.3. The lowest BCUT2D eigenvalue weighted by Crippen LogP contribution is -2.47. The van der Waals surface area contributed by atoms with Gasteiger partial charge in [0.2, 0.25) is 5.91 Å². The maximum atomic E-state index is 12.3. The summed E-state index contributed by atoms with van der Waals surface area (Å²) in [5.41, 5.74) is 0.332. The van der Waals surface area contributed by atoms with E-state index in [4.69, 9.17) is 0 Å². The smallest absolute Gasteiger partial charge is 0.251 e. The first-order valence-corrected chi connectivity index (χ1v) is 9.97. The van der Waals surface area contributed by atoms with E-state index in [0.717, 1.165) is 6.26 Å². The van der Waals surface area contributed by atoms with Gasteiger partial charge >= 0.3 is 0 Å². The zero-order valence-corrected chi connectivity index (χ0v) is 15.1. The van der Waals surface area contributed by atoms with Crippen LogP contribution in [0.1, 0.15) is 37.0 Å². The molecular weight excluding hydrogens is 328 g/mol. The predicted molar refractivity (Wildman–Crippen MR) is 91.5 cm³/mol. The van der Waals surface area contributed by atoms with Crippen molar-refractivity contribution in [2.75, 3.05) is 19.3 Å². The summed E-state index contributed by atoms with van der Waals surface area (Å²) in [6.45, 7) is 5.02. The van der Waals surface area contributed by atoms with Crippen molar-refractivity contribution in [3.05, 3.63) is 29.8 Å². The molecule has 6 nitrogen and oxygen atoms in total. The lowest BCUT2D eigenvalue weighted by molar-refractivity contribution is -0.135. The fraction of sp³-hybridized carbons (Fsp3) is 0.529. The van der Waals surface area contributed by atoms with E-state index in [0.29, 0.717) is 31.5 Å². The summed E-state index contributed by atoms with van der Waals surface area (Å²) in [6, 6.07) is 6.02. The number of hydrogen-bond donors (Lipinski definition) is 1. The third kappa shape index (κ3) is 4.56. The van der Waals surface area contributed by atoms with Crippen molar-refractivity contribution >= 4 is 21.7 Å². The Morgan fingerprint density at radius 2 is 1.83 bits per heavy atom. The summed E-state index contributed by atoms with van der Waals surface area (Å²) < 4.78 is 23.2. The fourth-order valence-corrected chi connectivity index (χ4v) is 3.41. The number of nitrogens with zero attached hydrogens (tertiary/aromatic N) is 1. The quantitative estimate of drug-likeness (QED) is 0.889. The highest BCUT2D eigenvalue weighted by molar-refractivity contribution is 7.90. The Labute approximate surface area is 143 Å². The molecule has 1 heterocycles. The van der Waals surface area contributed by atoms with Crippen LogP contribution >= 0.6 is 0 Å². The molecule has 132 valence electrons. The van der Waals surface area contributed by atoms with Gasteiger partial charge in [0.25, 0.3) is 5.91 Å². The van der Waals surface area contributed by atoms with Crippen LogP contribution in [0.25, 0.3) is 0 Å². The minimum atomic E-state index is -3.34. The lowest BCUT2D eigenvalue weighted by Gasteiger charge is -2.33. The van der Waals surface area contributed by atoms with E-state index in [-0.39, 0.29) is 28.7 Å². The molecular formula is C17H24N2O4S. The first-order chi connectivity index (χ1) is 11.2. The Morgan fingerprint density at radius 1 is 1.21 bits per heavy atom. The zero-order valence-electron chi connectivity index (χ0n) is 14.3. The van der Waals surface area contributed by atoms with Crippen LogP contribution in [0.5, 0.6) is 0 Å². The Morgan fingerprint density at radius 3 is 2.38 bits per heavy atom. The van der Waals surface area contributed by atoms with E-state index < -0.39 is 9.84 Å². The second-order valence-corrected chi connectivity index (χ2v) is 8.54. The summed E-state index contributed by atoms with van der Waals surface area (Å²) in [5.74, 6) is -0.162. The molecule has 0 atom stereocenters. The van der Waals surface area contributed by atoms with Crippen molar-refractivity contribution in [3.8, 4) is 0 Å². The topological polar surface area (TPSA) is 83.6 Å². The van der Waals surface area contributed by atoms with Gasteiger partial charge in [0.1, 0.15) is 0 Å². The molecule has 1 aliphatic heterocycles. The predicted octanol–water partition coefficient (Wildman–Crippen LogP) is 1.47. The first-order valence-electron chi connectivity index (χ1n) is 8.08. The molecule has 0 bridgehead atoms. The van der Waals surface area contributed by atoms with Crippen molar-refractivity contribution in [1.82, 2.24) is 10.2 Å². The molecule has 0 radical (unpaired) electrons. The average molecular weight is 352 g/mol.